The SMILES string of the molecule is N#Cc1cc(C(F)(F)F)ccc1N1CCC[C@@H]1C(=O)O. The number of hydrogen-bond acceptors (Lipinski definition) is 3. The van der Waals surface area contributed by atoms with Crippen LogP contribution in [0.1, 0.15) is 24.0 Å². The summed E-state index contributed by atoms with van der Waals surface area (Å²) in [6.07, 6.45) is -3.48. The molecule has 0 aromatic heterocycles. The van der Waals surface area contributed by atoms with Crippen molar-refractivity contribution in [2.45, 2.75) is 25.1 Å². The average Bonchev–Trinajstić information content (AvgIpc) is 2.86. The number of nitrogens with zero attached hydrogens (tertiary/aromatic N) is 2. The van der Waals surface area contributed by atoms with Crippen molar-refractivity contribution in [3.05, 3.63) is 29.3 Å². The van der Waals surface area contributed by atoms with Crippen LogP contribution in [0.3, 0.4) is 0 Å². The van der Waals surface area contributed by atoms with Crippen molar-refractivity contribution in [3.8, 4) is 6.07 Å². The largest absolute Gasteiger partial charge is 0.480 e. The summed E-state index contributed by atoms with van der Waals surface area (Å²) < 4.78 is 37.8. The second-order valence-electron chi connectivity index (χ2n) is 4.53. The highest BCUT2D eigenvalue weighted by atomic mass is 19.4. The molecule has 0 amide bonds. The quantitative estimate of drug-likeness (QED) is 0.906. The Balaban J connectivity index is 2.43. The fraction of sp³-hybridized carbons (Fsp3) is 0.385. The van der Waals surface area contributed by atoms with Crippen LogP contribution in [-0.2, 0) is 11.0 Å². The Labute approximate surface area is 113 Å². The maximum atomic E-state index is 12.6. The lowest BCUT2D eigenvalue weighted by molar-refractivity contribution is -0.139. The average molecular weight is 284 g/mol. The van der Waals surface area contributed by atoms with Crippen LogP contribution in [0.4, 0.5) is 18.9 Å². The molecule has 0 saturated carbocycles. The minimum absolute atomic E-state index is 0.159. The van der Waals surface area contributed by atoms with E-state index in [1.165, 1.54) is 11.0 Å². The highest BCUT2D eigenvalue weighted by molar-refractivity contribution is 5.80. The highest BCUT2D eigenvalue weighted by Crippen LogP contribution is 2.34. The summed E-state index contributed by atoms with van der Waals surface area (Å²) in [5.74, 6) is -1.04. The van der Waals surface area contributed by atoms with Crippen LogP contribution >= 0.6 is 0 Å². The fourth-order valence-corrected chi connectivity index (χ4v) is 2.36. The van der Waals surface area contributed by atoms with Crippen LogP contribution in [-0.4, -0.2) is 23.7 Å². The molecule has 0 unspecified atom stereocenters. The third-order valence-corrected chi connectivity index (χ3v) is 3.29. The number of alkyl halides is 3. The zero-order valence-electron chi connectivity index (χ0n) is 10.3. The van der Waals surface area contributed by atoms with E-state index in [0.717, 1.165) is 12.1 Å². The van der Waals surface area contributed by atoms with Crippen molar-refractivity contribution in [2.75, 3.05) is 11.4 Å². The summed E-state index contributed by atoms with van der Waals surface area (Å²) in [5.41, 5.74) is -0.831. The first-order valence-corrected chi connectivity index (χ1v) is 5.95. The highest BCUT2D eigenvalue weighted by Gasteiger charge is 2.34. The van der Waals surface area contributed by atoms with Crippen molar-refractivity contribution >= 4 is 11.7 Å². The van der Waals surface area contributed by atoms with Gasteiger partial charge in [-0.1, -0.05) is 0 Å². The lowest BCUT2D eigenvalue weighted by atomic mass is 10.1. The van der Waals surface area contributed by atoms with E-state index < -0.39 is 23.8 Å². The van der Waals surface area contributed by atoms with Crippen LogP contribution in [0.15, 0.2) is 18.2 Å². The van der Waals surface area contributed by atoms with Gasteiger partial charge in [-0.25, -0.2) is 4.79 Å². The molecule has 0 radical (unpaired) electrons. The first-order valence-electron chi connectivity index (χ1n) is 5.95. The lowest BCUT2D eigenvalue weighted by Crippen LogP contribution is -2.36. The first kappa shape index (κ1) is 14.2. The zero-order chi connectivity index (χ0) is 14.9. The maximum Gasteiger partial charge on any atom is 0.416 e. The number of carboxylic acid groups (broad SMARTS) is 1. The first-order chi connectivity index (χ1) is 9.34. The van der Waals surface area contributed by atoms with Crippen molar-refractivity contribution in [2.24, 2.45) is 0 Å². The number of benzene rings is 1. The molecule has 0 spiro atoms. The van der Waals surface area contributed by atoms with Gasteiger partial charge in [-0.05, 0) is 31.0 Å². The molecule has 1 atom stereocenters. The molecule has 7 heteroatoms. The summed E-state index contributed by atoms with van der Waals surface area (Å²) in [4.78, 5) is 12.6. The number of rotatable bonds is 2. The minimum Gasteiger partial charge on any atom is -0.480 e. The number of halogens is 3. The number of anilines is 1. The predicted octanol–water partition coefficient (Wildman–Crippen LogP) is 2.63. The Hall–Kier alpha value is -2.23. The van der Waals surface area contributed by atoms with Crippen molar-refractivity contribution < 1.29 is 23.1 Å². The van der Waals surface area contributed by atoms with Crippen molar-refractivity contribution in [1.82, 2.24) is 0 Å². The molecule has 1 aliphatic rings. The van der Waals surface area contributed by atoms with E-state index in [2.05, 4.69) is 0 Å². The Morgan fingerprint density at radius 1 is 1.45 bits per heavy atom. The zero-order valence-corrected chi connectivity index (χ0v) is 10.3. The second kappa shape index (κ2) is 5.04. The van der Waals surface area contributed by atoms with Gasteiger partial charge in [-0.2, -0.15) is 18.4 Å². The molecule has 1 N–H and O–H groups in total. The smallest absolute Gasteiger partial charge is 0.416 e. The van der Waals surface area contributed by atoms with Crippen molar-refractivity contribution in [3.63, 3.8) is 0 Å². The number of nitriles is 1. The number of carboxylic acids is 1. The fourth-order valence-electron chi connectivity index (χ4n) is 2.36. The lowest BCUT2D eigenvalue weighted by Gasteiger charge is -2.25. The summed E-state index contributed by atoms with van der Waals surface area (Å²) >= 11 is 0. The summed E-state index contributed by atoms with van der Waals surface area (Å²) in [7, 11) is 0. The topological polar surface area (TPSA) is 64.3 Å². The van der Waals surface area contributed by atoms with Crippen LogP contribution in [0.2, 0.25) is 0 Å². The Kier molecular flexibility index (Phi) is 3.57. The van der Waals surface area contributed by atoms with E-state index in [4.69, 9.17) is 10.4 Å². The maximum absolute atomic E-state index is 12.6. The monoisotopic (exact) mass is 284 g/mol. The van der Waals surface area contributed by atoms with Gasteiger partial charge in [0.1, 0.15) is 12.1 Å². The second-order valence-corrected chi connectivity index (χ2v) is 4.53. The van der Waals surface area contributed by atoms with Gasteiger partial charge >= 0.3 is 12.1 Å². The summed E-state index contributed by atoms with van der Waals surface area (Å²) in [5, 5.41) is 18.1. The molecule has 1 aromatic carbocycles. The van der Waals surface area contributed by atoms with Gasteiger partial charge in [0, 0.05) is 6.54 Å². The number of carbonyl (C=O) groups is 1. The molecule has 20 heavy (non-hydrogen) atoms. The number of hydrogen-bond donors (Lipinski definition) is 1. The van der Waals surface area contributed by atoms with Crippen LogP contribution in [0.25, 0.3) is 0 Å². The Morgan fingerprint density at radius 3 is 2.70 bits per heavy atom. The molecule has 1 fully saturated rings. The standard InChI is InChI=1S/C13H11F3N2O2/c14-13(15,16)9-3-4-10(8(6-9)7-17)18-5-1-2-11(18)12(19)20/h3-4,6,11H,1-2,5H2,(H,19,20)/t11-/m1/s1. The summed E-state index contributed by atoms with van der Waals surface area (Å²) in [6.45, 7) is 0.414. The van der Waals surface area contributed by atoms with Crippen LogP contribution < -0.4 is 4.90 Å². The van der Waals surface area contributed by atoms with Gasteiger partial charge in [-0.3, -0.25) is 0 Å². The Bertz CT molecular complexity index is 578. The van der Waals surface area contributed by atoms with Gasteiger partial charge in [-0.15, -0.1) is 0 Å². The molecule has 2 rings (SSSR count). The van der Waals surface area contributed by atoms with Crippen LogP contribution in [0, 0.1) is 11.3 Å². The normalized spacial score (nSPS) is 18.9. The molecule has 1 aliphatic heterocycles. The molecule has 0 bridgehead atoms. The van der Waals surface area contributed by atoms with Gasteiger partial charge in [0.25, 0.3) is 0 Å². The number of aliphatic carboxylic acids is 1. The van der Waals surface area contributed by atoms with Gasteiger partial charge < -0.3 is 10.0 Å². The van der Waals surface area contributed by atoms with E-state index in [1.54, 1.807) is 6.07 Å². The van der Waals surface area contributed by atoms with E-state index in [-0.39, 0.29) is 11.3 Å². The third kappa shape index (κ3) is 2.54. The molecule has 106 valence electrons. The molecule has 4 nitrogen and oxygen atoms in total. The molecular formula is C13H11F3N2O2. The van der Waals surface area contributed by atoms with E-state index in [1.807, 2.05) is 0 Å². The molecular weight excluding hydrogens is 273 g/mol. The third-order valence-electron chi connectivity index (χ3n) is 3.29. The minimum atomic E-state index is -4.53. The molecule has 0 aliphatic carbocycles. The summed E-state index contributed by atoms with van der Waals surface area (Å²) in [6, 6.07) is 3.71. The van der Waals surface area contributed by atoms with Crippen molar-refractivity contribution in [1.29, 1.82) is 5.26 Å². The predicted molar refractivity (Wildman–Crippen MR) is 64.2 cm³/mol. The molecule has 1 saturated heterocycles. The van der Waals surface area contributed by atoms with Gasteiger partial charge in [0.15, 0.2) is 0 Å². The van der Waals surface area contributed by atoms with E-state index in [9.17, 15) is 18.0 Å². The Morgan fingerprint density at radius 2 is 2.15 bits per heavy atom. The van der Waals surface area contributed by atoms with E-state index in [0.29, 0.717) is 19.4 Å². The van der Waals surface area contributed by atoms with Gasteiger partial charge in [0.2, 0.25) is 0 Å². The molecule has 1 heterocycles. The van der Waals surface area contributed by atoms with Gasteiger partial charge in [0.05, 0.1) is 16.8 Å². The molecule has 1 aromatic rings. The van der Waals surface area contributed by atoms with Crippen LogP contribution in [0.5, 0.6) is 0 Å². The van der Waals surface area contributed by atoms with E-state index >= 15 is 0 Å².